The Kier molecular flexibility index (Phi) is 3.42. The molecule has 3 nitrogen and oxygen atoms in total. The monoisotopic (exact) mass is 198 g/mol. The van der Waals surface area contributed by atoms with Crippen LogP contribution in [0, 0.1) is 5.41 Å². The Hall–Kier alpha value is -0.120. The molecule has 1 spiro atoms. The van der Waals surface area contributed by atoms with E-state index in [0.29, 0.717) is 5.41 Å². The summed E-state index contributed by atoms with van der Waals surface area (Å²) in [6.07, 6.45) is 3.96. The quantitative estimate of drug-likeness (QED) is 0.673. The van der Waals surface area contributed by atoms with Crippen LogP contribution < -0.4 is 5.32 Å². The lowest BCUT2D eigenvalue weighted by Crippen LogP contribution is -2.30. The molecule has 0 saturated carbocycles. The van der Waals surface area contributed by atoms with Gasteiger partial charge in [-0.15, -0.1) is 0 Å². The third-order valence-corrected chi connectivity index (χ3v) is 3.67. The molecule has 2 rings (SSSR count). The second-order valence-electron chi connectivity index (χ2n) is 4.80. The molecule has 1 N–H and O–H groups in total. The molecule has 14 heavy (non-hydrogen) atoms. The lowest BCUT2D eigenvalue weighted by atomic mass is 9.87. The SMILES string of the molecule is COCCCN1CCC2(CCNC2)C1. The Morgan fingerprint density at radius 3 is 3.07 bits per heavy atom. The Morgan fingerprint density at radius 2 is 2.36 bits per heavy atom. The van der Waals surface area contributed by atoms with Crippen LogP contribution in [-0.4, -0.2) is 51.3 Å². The first-order chi connectivity index (χ1) is 6.85. The fourth-order valence-electron chi connectivity index (χ4n) is 2.79. The molecule has 1 unspecified atom stereocenters. The highest BCUT2D eigenvalue weighted by Crippen LogP contribution is 2.35. The van der Waals surface area contributed by atoms with Crippen molar-refractivity contribution < 1.29 is 4.74 Å². The number of methoxy groups -OCH3 is 1. The van der Waals surface area contributed by atoms with Gasteiger partial charge in [0.1, 0.15) is 0 Å². The van der Waals surface area contributed by atoms with Gasteiger partial charge in [0.2, 0.25) is 0 Å². The minimum absolute atomic E-state index is 0.632. The van der Waals surface area contributed by atoms with Crippen LogP contribution in [-0.2, 0) is 4.74 Å². The normalized spacial score (nSPS) is 33.2. The molecule has 0 radical (unpaired) electrons. The van der Waals surface area contributed by atoms with E-state index in [2.05, 4.69) is 10.2 Å². The number of hydrogen-bond donors (Lipinski definition) is 1. The standard InChI is InChI=1S/C11H22N2O/c1-14-8-2-6-13-7-4-11(10-13)3-5-12-9-11/h12H,2-10H2,1H3. The zero-order valence-corrected chi connectivity index (χ0v) is 9.22. The largest absolute Gasteiger partial charge is 0.385 e. The van der Waals surface area contributed by atoms with Crippen molar-refractivity contribution in [2.45, 2.75) is 19.3 Å². The summed E-state index contributed by atoms with van der Waals surface area (Å²) in [5, 5.41) is 3.49. The van der Waals surface area contributed by atoms with E-state index in [4.69, 9.17) is 4.74 Å². The van der Waals surface area contributed by atoms with Crippen molar-refractivity contribution in [3.8, 4) is 0 Å². The number of rotatable bonds is 4. The maximum Gasteiger partial charge on any atom is 0.0474 e. The van der Waals surface area contributed by atoms with Gasteiger partial charge in [-0.1, -0.05) is 0 Å². The Balaban J connectivity index is 1.71. The highest BCUT2D eigenvalue weighted by molar-refractivity contribution is 4.95. The fraction of sp³-hybridized carbons (Fsp3) is 1.00. The van der Waals surface area contributed by atoms with Gasteiger partial charge in [0, 0.05) is 33.4 Å². The van der Waals surface area contributed by atoms with Crippen LogP contribution in [0.5, 0.6) is 0 Å². The summed E-state index contributed by atoms with van der Waals surface area (Å²) in [6.45, 7) is 7.20. The predicted octanol–water partition coefficient (Wildman–Crippen LogP) is 0.708. The fourth-order valence-corrected chi connectivity index (χ4v) is 2.79. The summed E-state index contributed by atoms with van der Waals surface area (Å²) in [7, 11) is 1.78. The highest BCUT2D eigenvalue weighted by atomic mass is 16.5. The minimum atomic E-state index is 0.632. The third-order valence-electron chi connectivity index (χ3n) is 3.67. The maximum atomic E-state index is 5.08. The number of nitrogens with zero attached hydrogens (tertiary/aromatic N) is 1. The van der Waals surface area contributed by atoms with Crippen LogP contribution >= 0.6 is 0 Å². The van der Waals surface area contributed by atoms with Gasteiger partial charge in [-0.05, 0) is 37.8 Å². The Labute approximate surface area is 86.8 Å². The van der Waals surface area contributed by atoms with Crippen molar-refractivity contribution in [1.29, 1.82) is 0 Å². The second kappa shape index (κ2) is 4.60. The van der Waals surface area contributed by atoms with Gasteiger partial charge >= 0.3 is 0 Å². The Bertz CT molecular complexity index is 178. The van der Waals surface area contributed by atoms with Gasteiger partial charge in [-0.3, -0.25) is 0 Å². The second-order valence-corrected chi connectivity index (χ2v) is 4.80. The van der Waals surface area contributed by atoms with E-state index in [1.165, 1.54) is 52.0 Å². The number of likely N-dealkylation sites (tertiary alicyclic amines) is 1. The van der Waals surface area contributed by atoms with E-state index >= 15 is 0 Å². The van der Waals surface area contributed by atoms with Crippen molar-refractivity contribution in [3.63, 3.8) is 0 Å². The molecule has 0 aromatic carbocycles. The van der Waals surface area contributed by atoms with Gasteiger partial charge in [0.05, 0.1) is 0 Å². The van der Waals surface area contributed by atoms with Crippen LogP contribution in [0.3, 0.4) is 0 Å². The van der Waals surface area contributed by atoms with E-state index in [1.54, 1.807) is 7.11 Å². The first-order valence-corrected chi connectivity index (χ1v) is 5.77. The van der Waals surface area contributed by atoms with Crippen LogP contribution in [0.25, 0.3) is 0 Å². The summed E-state index contributed by atoms with van der Waals surface area (Å²) in [4.78, 5) is 2.60. The van der Waals surface area contributed by atoms with Crippen molar-refractivity contribution in [2.75, 3.05) is 46.4 Å². The van der Waals surface area contributed by atoms with Crippen molar-refractivity contribution in [3.05, 3.63) is 0 Å². The van der Waals surface area contributed by atoms with Gasteiger partial charge < -0.3 is 15.0 Å². The van der Waals surface area contributed by atoms with Crippen LogP contribution in [0.2, 0.25) is 0 Å². The molecule has 0 bridgehead atoms. The van der Waals surface area contributed by atoms with E-state index in [1.807, 2.05) is 0 Å². The first-order valence-electron chi connectivity index (χ1n) is 5.77. The highest BCUT2D eigenvalue weighted by Gasteiger charge is 2.39. The molecule has 3 heteroatoms. The molecular formula is C11H22N2O. The zero-order valence-electron chi connectivity index (χ0n) is 9.22. The molecule has 2 saturated heterocycles. The van der Waals surface area contributed by atoms with E-state index in [9.17, 15) is 0 Å². The average Bonchev–Trinajstić information content (AvgIpc) is 2.79. The van der Waals surface area contributed by atoms with Crippen LogP contribution in [0.1, 0.15) is 19.3 Å². The molecule has 0 amide bonds. The van der Waals surface area contributed by atoms with Gasteiger partial charge in [-0.2, -0.15) is 0 Å². The first kappa shape index (κ1) is 10.4. The topological polar surface area (TPSA) is 24.5 Å². The van der Waals surface area contributed by atoms with Crippen molar-refractivity contribution in [1.82, 2.24) is 10.2 Å². The van der Waals surface area contributed by atoms with Gasteiger partial charge in [0.25, 0.3) is 0 Å². The van der Waals surface area contributed by atoms with Crippen molar-refractivity contribution >= 4 is 0 Å². The molecule has 0 aliphatic carbocycles. The van der Waals surface area contributed by atoms with E-state index in [-0.39, 0.29) is 0 Å². The molecule has 2 aliphatic rings. The molecule has 2 fully saturated rings. The van der Waals surface area contributed by atoms with E-state index < -0.39 is 0 Å². The molecule has 2 aliphatic heterocycles. The summed E-state index contributed by atoms with van der Waals surface area (Å²) >= 11 is 0. The average molecular weight is 198 g/mol. The van der Waals surface area contributed by atoms with Crippen LogP contribution in [0.15, 0.2) is 0 Å². The molecule has 2 heterocycles. The lowest BCUT2D eigenvalue weighted by Gasteiger charge is -2.22. The van der Waals surface area contributed by atoms with Gasteiger partial charge in [-0.25, -0.2) is 0 Å². The summed E-state index contributed by atoms with van der Waals surface area (Å²) in [5.74, 6) is 0. The number of hydrogen-bond acceptors (Lipinski definition) is 3. The van der Waals surface area contributed by atoms with Crippen molar-refractivity contribution in [2.24, 2.45) is 5.41 Å². The molecule has 82 valence electrons. The third kappa shape index (κ3) is 2.27. The summed E-state index contributed by atoms with van der Waals surface area (Å²) in [5.41, 5.74) is 0.632. The summed E-state index contributed by atoms with van der Waals surface area (Å²) < 4.78 is 5.08. The lowest BCUT2D eigenvalue weighted by molar-refractivity contribution is 0.175. The maximum absolute atomic E-state index is 5.08. The Morgan fingerprint density at radius 1 is 1.43 bits per heavy atom. The van der Waals surface area contributed by atoms with Crippen LogP contribution in [0.4, 0.5) is 0 Å². The van der Waals surface area contributed by atoms with Gasteiger partial charge in [0.15, 0.2) is 0 Å². The number of ether oxygens (including phenoxy) is 1. The minimum Gasteiger partial charge on any atom is -0.385 e. The predicted molar refractivity (Wildman–Crippen MR) is 57.5 cm³/mol. The molecule has 1 atom stereocenters. The smallest absolute Gasteiger partial charge is 0.0474 e. The number of nitrogens with one attached hydrogen (secondary N) is 1. The molecular weight excluding hydrogens is 176 g/mol. The molecule has 0 aromatic heterocycles. The van der Waals surface area contributed by atoms with E-state index in [0.717, 1.165) is 6.61 Å². The molecule has 0 aromatic rings. The summed E-state index contributed by atoms with van der Waals surface area (Å²) in [6, 6.07) is 0. The zero-order chi connectivity index (χ0) is 9.86.